The average molecular weight is 312 g/mol. The minimum absolute atomic E-state index is 0.0407. The van der Waals surface area contributed by atoms with Gasteiger partial charge in [-0.05, 0) is 0 Å². The minimum atomic E-state index is -1.26. The van der Waals surface area contributed by atoms with Crippen molar-refractivity contribution in [3.8, 4) is 6.01 Å². The molecule has 0 unspecified atom stereocenters. The molecule has 2 aromatic heterocycles. The van der Waals surface area contributed by atoms with Crippen LogP contribution in [0.25, 0.3) is 11.2 Å². The van der Waals surface area contributed by atoms with Gasteiger partial charge >= 0.3 is 6.01 Å². The summed E-state index contributed by atoms with van der Waals surface area (Å²) in [5.41, 5.74) is 11.6. The number of imidazole rings is 1. The van der Waals surface area contributed by atoms with Crippen LogP contribution in [0.2, 0.25) is 0 Å². The van der Waals surface area contributed by atoms with E-state index in [1.165, 1.54) is 10.9 Å². The number of aliphatic hydroxyl groups is 3. The lowest BCUT2D eigenvalue weighted by Gasteiger charge is -2.16. The van der Waals surface area contributed by atoms with E-state index in [-0.39, 0.29) is 24.2 Å². The Balaban J connectivity index is 2.04. The molecule has 1 fully saturated rings. The molecule has 120 valence electrons. The second-order valence-electron chi connectivity index (χ2n) is 4.76. The predicted octanol–water partition coefficient (Wildman–Crippen LogP) is -2.68. The lowest BCUT2D eigenvalue weighted by atomic mass is 10.1. The number of aromatic nitrogens is 4. The minimum Gasteiger partial charge on any atom is -0.448 e. The van der Waals surface area contributed by atoms with Crippen molar-refractivity contribution in [3.63, 3.8) is 0 Å². The second-order valence-corrected chi connectivity index (χ2v) is 4.76. The van der Waals surface area contributed by atoms with Crippen molar-refractivity contribution >= 4 is 17.0 Å². The summed E-state index contributed by atoms with van der Waals surface area (Å²) >= 11 is 0. The fraction of sp³-hybridized carbons (Fsp3) is 0.545. The van der Waals surface area contributed by atoms with Gasteiger partial charge in [0.1, 0.15) is 25.0 Å². The first-order valence-corrected chi connectivity index (χ1v) is 6.52. The largest absolute Gasteiger partial charge is 0.448 e. The summed E-state index contributed by atoms with van der Waals surface area (Å²) in [4.78, 5) is 12.1. The van der Waals surface area contributed by atoms with Gasteiger partial charge in [-0.15, -0.1) is 0 Å². The van der Waals surface area contributed by atoms with Crippen molar-refractivity contribution in [2.24, 2.45) is 5.73 Å². The Morgan fingerprint density at radius 2 is 2.09 bits per heavy atom. The van der Waals surface area contributed by atoms with Gasteiger partial charge in [-0.2, -0.15) is 9.97 Å². The van der Waals surface area contributed by atoms with Gasteiger partial charge in [0.15, 0.2) is 23.2 Å². The highest BCUT2D eigenvalue weighted by molar-refractivity contribution is 5.82. The highest BCUT2D eigenvalue weighted by Gasteiger charge is 2.44. The SMILES string of the molecule is NCOc1nc(N)c2ncn([C@@H]3O[C@H](CO)[C@@H](O)[C@H]3O)c2n1. The van der Waals surface area contributed by atoms with Gasteiger partial charge in [0.2, 0.25) is 0 Å². The molecule has 0 aliphatic carbocycles. The number of fused-ring (bicyclic) bond motifs is 1. The molecule has 0 spiro atoms. The van der Waals surface area contributed by atoms with Crippen LogP contribution in [0.1, 0.15) is 6.23 Å². The smallest absolute Gasteiger partial charge is 0.321 e. The van der Waals surface area contributed by atoms with Crippen molar-refractivity contribution in [1.82, 2.24) is 19.5 Å². The standard InChI is InChI=1S/C11H16N6O5/c12-2-21-11-15-8(13)5-9(16-11)17(3-14-5)10-7(20)6(19)4(1-18)22-10/h3-4,6-7,10,18-20H,1-2,12H2,(H2,13,15,16)/t4-,6-,7-,10-/m1/s1. The van der Waals surface area contributed by atoms with Crippen molar-refractivity contribution in [2.75, 3.05) is 19.1 Å². The number of nitrogens with two attached hydrogens (primary N) is 2. The molecule has 7 N–H and O–H groups in total. The summed E-state index contributed by atoms with van der Waals surface area (Å²) in [6.07, 6.45) is -3.02. The quantitative estimate of drug-likeness (QED) is 0.374. The lowest BCUT2D eigenvalue weighted by Crippen LogP contribution is -2.33. The molecule has 2 aromatic rings. The monoisotopic (exact) mass is 312 g/mol. The molecule has 1 aliphatic heterocycles. The summed E-state index contributed by atoms with van der Waals surface area (Å²) in [5, 5.41) is 29.0. The van der Waals surface area contributed by atoms with Gasteiger partial charge in [-0.3, -0.25) is 10.3 Å². The Kier molecular flexibility index (Phi) is 3.80. The summed E-state index contributed by atoms with van der Waals surface area (Å²) in [6.45, 7) is -0.563. The maximum absolute atomic E-state index is 10.1. The molecule has 0 radical (unpaired) electrons. The second kappa shape index (κ2) is 5.62. The third-order valence-corrected chi connectivity index (χ3v) is 3.43. The Labute approximate surface area is 124 Å². The van der Waals surface area contributed by atoms with E-state index in [1.807, 2.05) is 0 Å². The number of ether oxygens (including phenoxy) is 2. The summed E-state index contributed by atoms with van der Waals surface area (Å²) < 4.78 is 11.8. The molecule has 0 saturated carbocycles. The first-order valence-electron chi connectivity index (χ1n) is 6.52. The first kappa shape index (κ1) is 14.9. The number of aliphatic hydroxyl groups excluding tert-OH is 3. The molecule has 3 rings (SSSR count). The van der Waals surface area contributed by atoms with Crippen molar-refractivity contribution in [1.29, 1.82) is 0 Å². The molecular formula is C11H16N6O5. The van der Waals surface area contributed by atoms with Crippen LogP contribution in [-0.4, -0.2) is 66.5 Å². The Morgan fingerprint density at radius 1 is 1.32 bits per heavy atom. The van der Waals surface area contributed by atoms with E-state index >= 15 is 0 Å². The van der Waals surface area contributed by atoms with Gasteiger partial charge in [0.25, 0.3) is 0 Å². The van der Waals surface area contributed by atoms with E-state index in [2.05, 4.69) is 15.0 Å². The van der Waals surface area contributed by atoms with Crippen LogP contribution < -0.4 is 16.2 Å². The molecule has 0 amide bonds. The molecule has 11 heteroatoms. The van der Waals surface area contributed by atoms with Crippen molar-refractivity contribution in [2.45, 2.75) is 24.5 Å². The number of anilines is 1. The third kappa shape index (κ3) is 2.24. The molecule has 0 aromatic carbocycles. The predicted molar refractivity (Wildman–Crippen MR) is 72.4 cm³/mol. The van der Waals surface area contributed by atoms with Crippen LogP contribution in [0.4, 0.5) is 5.82 Å². The number of nitrogen functional groups attached to an aromatic ring is 1. The Bertz CT molecular complexity index is 678. The van der Waals surface area contributed by atoms with E-state index < -0.39 is 31.1 Å². The van der Waals surface area contributed by atoms with E-state index in [4.69, 9.17) is 26.0 Å². The van der Waals surface area contributed by atoms with Crippen molar-refractivity contribution < 1.29 is 24.8 Å². The summed E-state index contributed by atoms with van der Waals surface area (Å²) in [5.74, 6) is 0.0824. The molecule has 1 aliphatic rings. The number of nitrogens with zero attached hydrogens (tertiary/aromatic N) is 4. The van der Waals surface area contributed by atoms with Crippen LogP contribution >= 0.6 is 0 Å². The van der Waals surface area contributed by atoms with E-state index in [0.29, 0.717) is 5.52 Å². The Morgan fingerprint density at radius 3 is 2.73 bits per heavy atom. The summed E-state index contributed by atoms with van der Waals surface area (Å²) in [7, 11) is 0. The lowest BCUT2D eigenvalue weighted by molar-refractivity contribution is -0.0511. The van der Waals surface area contributed by atoms with Crippen LogP contribution in [0.5, 0.6) is 6.01 Å². The number of hydrogen-bond acceptors (Lipinski definition) is 10. The molecular weight excluding hydrogens is 296 g/mol. The third-order valence-electron chi connectivity index (χ3n) is 3.43. The first-order chi connectivity index (χ1) is 10.6. The van der Waals surface area contributed by atoms with Gasteiger partial charge in [-0.1, -0.05) is 0 Å². The maximum Gasteiger partial charge on any atom is 0.321 e. The molecule has 0 bridgehead atoms. The van der Waals surface area contributed by atoms with Gasteiger partial charge in [0.05, 0.1) is 12.9 Å². The van der Waals surface area contributed by atoms with Gasteiger partial charge in [0, 0.05) is 0 Å². The molecule has 4 atom stereocenters. The maximum atomic E-state index is 10.1. The zero-order valence-corrected chi connectivity index (χ0v) is 11.4. The van der Waals surface area contributed by atoms with Crippen LogP contribution in [0.3, 0.4) is 0 Å². The van der Waals surface area contributed by atoms with E-state index in [1.54, 1.807) is 0 Å². The van der Waals surface area contributed by atoms with Crippen LogP contribution in [0, 0.1) is 0 Å². The molecule has 3 heterocycles. The zero-order chi connectivity index (χ0) is 15.9. The average Bonchev–Trinajstić information content (AvgIpc) is 3.03. The van der Waals surface area contributed by atoms with Crippen LogP contribution in [0.15, 0.2) is 6.33 Å². The van der Waals surface area contributed by atoms with Crippen LogP contribution in [-0.2, 0) is 4.74 Å². The molecule has 22 heavy (non-hydrogen) atoms. The fourth-order valence-electron chi connectivity index (χ4n) is 2.35. The molecule has 11 nitrogen and oxygen atoms in total. The zero-order valence-electron chi connectivity index (χ0n) is 11.4. The number of hydrogen-bond donors (Lipinski definition) is 5. The molecule has 1 saturated heterocycles. The highest BCUT2D eigenvalue weighted by atomic mass is 16.6. The normalized spacial score (nSPS) is 28.4. The van der Waals surface area contributed by atoms with E-state index in [0.717, 1.165) is 0 Å². The van der Waals surface area contributed by atoms with Gasteiger partial charge in [-0.25, -0.2) is 4.98 Å². The highest BCUT2D eigenvalue weighted by Crippen LogP contribution is 2.32. The van der Waals surface area contributed by atoms with E-state index in [9.17, 15) is 10.2 Å². The Hall–Kier alpha value is -2.05. The summed E-state index contributed by atoms with van der Waals surface area (Å²) in [6, 6.07) is -0.0407. The number of rotatable bonds is 4. The fourth-order valence-corrected chi connectivity index (χ4v) is 2.35. The topological polar surface area (TPSA) is 175 Å². The van der Waals surface area contributed by atoms with Gasteiger partial charge < -0.3 is 30.5 Å². The van der Waals surface area contributed by atoms with Crippen molar-refractivity contribution in [3.05, 3.63) is 6.33 Å².